The van der Waals surface area contributed by atoms with Gasteiger partial charge in [-0.3, -0.25) is 9.78 Å². The highest BCUT2D eigenvalue weighted by atomic mass is 79.9. The monoisotopic (exact) mass is 434 g/mol. The molecule has 28 heavy (non-hydrogen) atoms. The normalized spacial score (nSPS) is 16.7. The third-order valence-electron chi connectivity index (χ3n) is 4.93. The van der Waals surface area contributed by atoms with E-state index in [0.717, 1.165) is 26.7 Å². The molecule has 4 nitrogen and oxygen atoms in total. The number of aromatic nitrogens is 1. The predicted molar refractivity (Wildman–Crippen MR) is 112 cm³/mol. The molecule has 2 heterocycles. The Morgan fingerprint density at radius 3 is 2.43 bits per heavy atom. The summed E-state index contributed by atoms with van der Waals surface area (Å²) in [6, 6.07) is 19.1. The molecule has 0 aliphatic carbocycles. The van der Waals surface area contributed by atoms with Gasteiger partial charge in [-0.05, 0) is 41.8 Å². The fraction of sp³-hybridized carbons (Fsp3) is 0.130. The highest BCUT2D eigenvalue weighted by Crippen LogP contribution is 2.43. The second-order valence-corrected chi connectivity index (χ2v) is 7.79. The summed E-state index contributed by atoms with van der Waals surface area (Å²) < 4.78 is 0.962. The number of halogens is 1. The lowest BCUT2D eigenvalue weighted by Gasteiger charge is -2.27. The van der Waals surface area contributed by atoms with Gasteiger partial charge in [0, 0.05) is 29.0 Å². The van der Waals surface area contributed by atoms with Crippen LogP contribution < -0.4 is 0 Å². The van der Waals surface area contributed by atoms with Crippen LogP contribution in [0.15, 0.2) is 83.3 Å². The Bertz CT molecular complexity index is 1030. The molecular formula is C23H19BrN2O2. The molecule has 1 aromatic heterocycles. The average Bonchev–Trinajstić information content (AvgIpc) is 2.95. The number of hydrogen-bond donors (Lipinski definition) is 1. The van der Waals surface area contributed by atoms with E-state index in [1.165, 1.54) is 0 Å². The standard InChI is InChI=1S/C23H19BrN2O2/c1-15-4-6-17(7-5-15)20-21(18-8-10-19(24)11-9-18)26(23(28)22(20)27)14-16-3-2-12-25-13-16/h2-13,21,27H,14H2,1H3/t21-/m1/s1. The van der Waals surface area contributed by atoms with Crippen LogP contribution in [0, 0.1) is 6.92 Å². The first-order valence-corrected chi connectivity index (χ1v) is 9.79. The first kappa shape index (κ1) is 18.4. The van der Waals surface area contributed by atoms with E-state index < -0.39 is 0 Å². The van der Waals surface area contributed by atoms with Crippen molar-refractivity contribution in [2.75, 3.05) is 0 Å². The zero-order valence-corrected chi connectivity index (χ0v) is 16.9. The van der Waals surface area contributed by atoms with Gasteiger partial charge in [-0.1, -0.05) is 64.0 Å². The summed E-state index contributed by atoms with van der Waals surface area (Å²) in [4.78, 5) is 18.8. The highest BCUT2D eigenvalue weighted by molar-refractivity contribution is 9.10. The number of benzene rings is 2. The first-order chi connectivity index (χ1) is 13.5. The Morgan fingerprint density at radius 1 is 1.07 bits per heavy atom. The van der Waals surface area contributed by atoms with Gasteiger partial charge >= 0.3 is 0 Å². The molecule has 0 fully saturated rings. The van der Waals surface area contributed by atoms with Gasteiger partial charge in [0.15, 0.2) is 5.76 Å². The molecule has 1 aliphatic rings. The van der Waals surface area contributed by atoms with Gasteiger partial charge in [-0.15, -0.1) is 0 Å². The topological polar surface area (TPSA) is 53.4 Å². The maximum Gasteiger partial charge on any atom is 0.290 e. The van der Waals surface area contributed by atoms with Crippen molar-refractivity contribution in [3.63, 3.8) is 0 Å². The number of nitrogens with zero attached hydrogens (tertiary/aromatic N) is 2. The fourth-order valence-electron chi connectivity index (χ4n) is 3.52. The van der Waals surface area contributed by atoms with Crippen LogP contribution in [0.4, 0.5) is 0 Å². The van der Waals surface area contributed by atoms with Crippen LogP contribution in [0.5, 0.6) is 0 Å². The summed E-state index contributed by atoms with van der Waals surface area (Å²) in [6.45, 7) is 2.38. The molecule has 4 rings (SSSR count). The van der Waals surface area contributed by atoms with Crippen LogP contribution in [-0.2, 0) is 11.3 Å². The number of carbonyl (C=O) groups excluding carboxylic acids is 1. The maximum absolute atomic E-state index is 13.0. The van der Waals surface area contributed by atoms with Gasteiger partial charge in [0.25, 0.3) is 5.91 Å². The molecule has 0 bridgehead atoms. The molecule has 5 heteroatoms. The van der Waals surface area contributed by atoms with Crippen molar-refractivity contribution in [2.45, 2.75) is 19.5 Å². The summed E-state index contributed by atoms with van der Waals surface area (Å²) in [5.41, 5.74) is 4.46. The van der Waals surface area contributed by atoms with Gasteiger partial charge in [0.1, 0.15) is 0 Å². The van der Waals surface area contributed by atoms with Crippen LogP contribution in [0.25, 0.3) is 5.57 Å². The van der Waals surface area contributed by atoms with Crippen molar-refractivity contribution in [3.8, 4) is 0 Å². The van der Waals surface area contributed by atoms with Gasteiger partial charge in [0.05, 0.1) is 6.04 Å². The molecule has 3 aromatic rings. The Morgan fingerprint density at radius 2 is 1.79 bits per heavy atom. The van der Waals surface area contributed by atoms with Crippen LogP contribution in [0.2, 0.25) is 0 Å². The number of hydrogen-bond acceptors (Lipinski definition) is 3. The van der Waals surface area contributed by atoms with E-state index in [1.54, 1.807) is 17.3 Å². The van der Waals surface area contributed by atoms with Crippen LogP contribution >= 0.6 is 15.9 Å². The zero-order valence-electron chi connectivity index (χ0n) is 15.3. The van der Waals surface area contributed by atoms with Gasteiger partial charge < -0.3 is 10.0 Å². The second kappa shape index (κ2) is 7.60. The lowest BCUT2D eigenvalue weighted by Crippen LogP contribution is -2.29. The minimum atomic E-state index is -0.372. The molecule has 1 aliphatic heterocycles. The summed E-state index contributed by atoms with van der Waals surface area (Å²) in [5.74, 6) is -0.562. The molecule has 0 unspecified atom stereocenters. The summed E-state index contributed by atoms with van der Waals surface area (Å²) in [7, 11) is 0. The number of aliphatic hydroxyl groups is 1. The Kier molecular flexibility index (Phi) is 5.01. The lowest BCUT2D eigenvalue weighted by atomic mass is 9.93. The Hall–Kier alpha value is -2.92. The predicted octanol–water partition coefficient (Wildman–Crippen LogP) is 5.21. The molecule has 0 spiro atoms. The van der Waals surface area contributed by atoms with Crippen molar-refractivity contribution in [1.82, 2.24) is 9.88 Å². The number of aliphatic hydroxyl groups excluding tert-OH is 1. The summed E-state index contributed by atoms with van der Waals surface area (Å²) in [6.07, 6.45) is 3.45. The van der Waals surface area contributed by atoms with E-state index in [2.05, 4.69) is 20.9 Å². The second-order valence-electron chi connectivity index (χ2n) is 6.88. The summed E-state index contributed by atoms with van der Waals surface area (Å²) in [5, 5.41) is 10.8. The zero-order chi connectivity index (χ0) is 19.7. The molecule has 2 aromatic carbocycles. The van der Waals surface area contributed by atoms with Crippen LogP contribution in [-0.4, -0.2) is 20.9 Å². The molecule has 1 amide bonds. The molecule has 0 saturated heterocycles. The van der Waals surface area contributed by atoms with Gasteiger partial charge in [-0.25, -0.2) is 0 Å². The Labute approximate surface area is 172 Å². The lowest BCUT2D eigenvalue weighted by molar-refractivity contribution is -0.130. The maximum atomic E-state index is 13.0. The highest BCUT2D eigenvalue weighted by Gasteiger charge is 2.40. The number of pyridine rings is 1. The van der Waals surface area contributed by atoms with Crippen molar-refractivity contribution in [1.29, 1.82) is 0 Å². The third kappa shape index (κ3) is 3.45. The first-order valence-electron chi connectivity index (χ1n) is 9.00. The van der Waals surface area contributed by atoms with Crippen LogP contribution in [0.3, 0.4) is 0 Å². The third-order valence-corrected chi connectivity index (χ3v) is 5.46. The van der Waals surface area contributed by atoms with Crippen molar-refractivity contribution >= 4 is 27.4 Å². The largest absolute Gasteiger partial charge is 0.503 e. The quantitative estimate of drug-likeness (QED) is 0.613. The average molecular weight is 435 g/mol. The van der Waals surface area contributed by atoms with Crippen molar-refractivity contribution in [2.24, 2.45) is 0 Å². The molecule has 140 valence electrons. The van der Waals surface area contributed by atoms with E-state index in [0.29, 0.717) is 12.1 Å². The van der Waals surface area contributed by atoms with Crippen molar-refractivity contribution < 1.29 is 9.90 Å². The van der Waals surface area contributed by atoms with Crippen molar-refractivity contribution in [3.05, 3.63) is 106 Å². The molecular weight excluding hydrogens is 416 g/mol. The van der Waals surface area contributed by atoms with Gasteiger partial charge in [-0.2, -0.15) is 0 Å². The molecule has 0 saturated carbocycles. The SMILES string of the molecule is Cc1ccc(C2=C(O)C(=O)N(Cc3cccnc3)[C@@H]2c2ccc(Br)cc2)cc1. The smallest absolute Gasteiger partial charge is 0.290 e. The fourth-order valence-corrected chi connectivity index (χ4v) is 3.79. The molecule has 0 radical (unpaired) electrons. The molecule has 1 N–H and O–H groups in total. The number of amides is 1. The van der Waals surface area contributed by atoms with E-state index in [4.69, 9.17) is 0 Å². The van der Waals surface area contributed by atoms with E-state index in [1.807, 2.05) is 67.6 Å². The summed E-state index contributed by atoms with van der Waals surface area (Å²) >= 11 is 3.46. The number of carbonyl (C=O) groups is 1. The minimum absolute atomic E-state index is 0.194. The van der Waals surface area contributed by atoms with Crippen LogP contribution in [0.1, 0.15) is 28.3 Å². The van der Waals surface area contributed by atoms with E-state index in [9.17, 15) is 9.90 Å². The van der Waals surface area contributed by atoms with E-state index in [-0.39, 0.29) is 17.7 Å². The molecule has 1 atom stereocenters. The minimum Gasteiger partial charge on any atom is -0.503 e. The van der Waals surface area contributed by atoms with Gasteiger partial charge in [0.2, 0.25) is 0 Å². The van der Waals surface area contributed by atoms with E-state index >= 15 is 0 Å². The number of rotatable bonds is 4. The Balaban J connectivity index is 1.81. The number of aryl methyl sites for hydroxylation is 1.